The van der Waals surface area contributed by atoms with Crippen molar-refractivity contribution >= 4 is 11.6 Å². The van der Waals surface area contributed by atoms with Gasteiger partial charge in [-0.3, -0.25) is 5.41 Å². The molecule has 2 fully saturated rings. The smallest absolute Gasteiger partial charge is 0.215 e. The van der Waals surface area contributed by atoms with Crippen LogP contribution in [0.2, 0.25) is 0 Å². The number of nitriles is 3. The number of nitrogens with zero attached hydrogens (tertiary/aromatic N) is 4. The fraction of sp³-hybridized carbons (Fsp3) is 0.360. The van der Waals surface area contributed by atoms with E-state index in [0.29, 0.717) is 12.0 Å². The van der Waals surface area contributed by atoms with E-state index in [9.17, 15) is 15.8 Å². The molecule has 1 N–H and O–H groups in total. The van der Waals surface area contributed by atoms with Gasteiger partial charge in [-0.15, -0.1) is 0 Å². The number of ether oxygens (including phenoxy) is 2. The Morgan fingerprint density at radius 3 is 2.12 bits per heavy atom. The van der Waals surface area contributed by atoms with Crippen molar-refractivity contribution in [1.29, 1.82) is 21.2 Å². The summed E-state index contributed by atoms with van der Waals surface area (Å²) in [6.07, 6.45) is -0.738. The van der Waals surface area contributed by atoms with Crippen LogP contribution in [0.5, 0.6) is 0 Å². The second-order valence-electron chi connectivity index (χ2n) is 8.62. The summed E-state index contributed by atoms with van der Waals surface area (Å²) < 4.78 is 12.2. The Kier molecular flexibility index (Phi) is 4.93. The molecule has 2 saturated heterocycles. The van der Waals surface area contributed by atoms with Gasteiger partial charge in [-0.05, 0) is 29.7 Å². The molecule has 0 aliphatic carbocycles. The number of nitrogens with one attached hydrogen (secondary N) is 1. The van der Waals surface area contributed by atoms with Crippen molar-refractivity contribution < 1.29 is 9.47 Å². The second kappa shape index (κ2) is 7.38. The van der Waals surface area contributed by atoms with Gasteiger partial charge in [0.25, 0.3) is 0 Å². The third-order valence-corrected chi connectivity index (χ3v) is 6.71. The zero-order chi connectivity index (χ0) is 23.1. The van der Waals surface area contributed by atoms with Crippen LogP contribution in [0.4, 0.5) is 5.69 Å². The zero-order valence-electron chi connectivity index (χ0n) is 18.2. The molecule has 0 spiro atoms. The molecule has 4 unspecified atom stereocenters. The second-order valence-corrected chi connectivity index (χ2v) is 8.62. The van der Waals surface area contributed by atoms with Crippen LogP contribution in [0.15, 0.2) is 54.6 Å². The van der Waals surface area contributed by atoms with Crippen molar-refractivity contribution in [3.8, 4) is 18.2 Å². The average Bonchev–Trinajstić information content (AvgIpc) is 2.96. The van der Waals surface area contributed by atoms with Crippen molar-refractivity contribution in [1.82, 2.24) is 0 Å². The highest BCUT2D eigenvalue weighted by atomic mass is 16.7. The first kappa shape index (κ1) is 21.4. The van der Waals surface area contributed by atoms with Gasteiger partial charge in [0.05, 0.1) is 24.1 Å². The lowest BCUT2D eigenvalue weighted by Crippen LogP contribution is -2.59. The van der Waals surface area contributed by atoms with Crippen LogP contribution in [0.25, 0.3) is 0 Å². The number of hydrogen-bond acceptors (Lipinski definition) is 7. The predicted octanol–water partition coefficient (Wildman–Crippen LogP) is 3.95. The number of hydrogen-bond donors (Lipinski definition) is 1. The van der Waals surface area contributed by atoms with Gasteiger partial charge in [0.15, 0.2) is 5.41 Å². The largest absolute Gasteiger partial charge is 0.448 e. The minimum atomic E-state index is -1.96. The van der Waals surface area contributed by atoms with E-state index in [0.717, 1.165) is 11.3 Å². The van der Waals surface area contributed by atoms with E-state index in [1.165, 1.54) is 0 Å². The highest BCUT2D eigenvalue weighted by Crippen LogP contribution is 2.66. The van der Waals surface area contributed by atoms with Crippen molar-refractivity contribution in [2.75, 3.05) is 19.0 Å². The van der Waals surface area contributed by atoms with Crippen LogP contribution in [-0.4, -0.2) is 25.8 Å². The molecule has 2 aliphatic heterocycles. The maximum atomic E-state index is 10.4. The fourth-order valence-electron chi connectivity index (χ4n) is 4.98. The lowest BCUT2D eigenvalue weighted by molar-refractivity contribution is -0.272. The molecule has 2 aliphatic rings. The van der Waals surface area contributed by atoms with Gasteiger partial charge in [0, 0.05) is 26.7 Å². The zero-order valence-corrected chi connectivity index (χ0v) is 18.2. The summed E-state index contributed by atoms with van der Waals surface area (Å²) in [5, 5.41) is 39.8. The molecular weight excluding hydrogens is 402 g/mol. The van der Waals surface area contributed by atoms with Gasteiger partial charge in [-0.1, -0.05) is 42.5 Å². The summed E-state index contributed by atoms with van der Waals surface area (Å²) >= 11 is 0. The van der Waals surface area contributed by atoms with Gasteiger partial charge < -0.3 is 14.4 Å². The van der Waals surface area contributed by atoms with Crippen LogP contribution in [0.1, 0.15) is 24.2 Å². The molecule has 7 nitrogen and oxygen atoms in total. The molecule has 0 saturated carbocycles. The van der Waals surface area contributed by atoms with Gasteiger partial charge in [-0.2, -0.15) is 15.8 Å². The van der Waals surface area contributed by atoms with E-state index in [1.807, 2.05) is 61.5 Å². The van der Waals surface area contributed by atoms with Gasteiger partial charge >= 0.3 is 0 Å². The minimum Gasteiger partial charge on any atom is -0.448 e. The fourth-order valence-corrected chi connectivity index (χ4v) is 4.98. The maximum Gasteiger partial charge on any atom is 0.215 e. The average molecular weight is 425 g/mol. The predicted molar refractivity (Wildman–Crippen MR) is 117 cm³/mol. The summed E-state index contributed by atoms with van der Waals surface area (Å²) in [4.78, 5) is 1.93. The molecule has 4 rings (SSSR count). The van der Waals surface area contributed by atoms with E-state index in [4.69, 9.17) is 14.9 Å². The highest BCUT2D eigenvalue weighted by molar-refractivity contribution is 5.89. The molecule has 32 heavy (non-hydrogen) atoms. The SMILES string of the molecule is CN(C)c1ccc(C2OC3(C)OC(=N)C(C#N)(C3Cc3ccccc3)C2(C#N)C#N)cc1. The molecule has 4 atom stereocenters. The Labute approximate surface area is 187 Å². The Bertz CT molecular complexity index is 1160. The van der Waals surface area contributed by atoms with E-state index >= 15 is 0 Å². The monoisotopic (exact) mass is 425 g/mol. The van der Waals surface area contributed by atoms with E-state index in [1.54, 1.807) is 19.1 Å². The van der Waals surface area contributed by atoms with Crippen molar-refractivity contribution in [2.24, 2.45) is 16.7 Å². The van der Waals surface area contributed by atoms with Crippen LogP contribution in [-0.2, 0) is 15.9 Å². The number of rotatable bonds is 4. The van der Waals surface area contributed by atoms with Crippen molar-refractivity contribution in [3.63, 3.8) is 0 Å². The number of anilines is 1. The van der Waals surface area contributed by atoms with Gasteiger partial charge in [-0.25, -0.2) is 0 Å². The maximum absolute atomic E-state index is 10.4. The Hall–Kier alpha value is -3.86. The van der Waals surface area contributed by atoms with Crippen molar-refractivity contribution in [2.45, 2.75) is 25.2 Å². The first-order valence-electron chi connectivity index (χ1n) is 10.3. The Balaban J connectivity index is 1.90. The molecule has 7 heteroatoms. The van der Waals surface area contributed by atoms with Crippen LogP contribution >= 0.6 is 0 Å². The van der Waals surface area contributed by atoms with Crippen LogP contribution in [0, 0.1) is 56.2 Å². The van der Waals surface area contributed by atoms with E-state index in [2.05, 4.69) is 18.2 Å². The molecule has 0 radical (unpaired) electrons. The van der Waals surface area contributed by atoms with E-state index in [-0.39, 0.29) is 5.90 Å². The number of benzene rings is 2. The molecule has 2 heterocycles. The summed E-state index contributed by atoms with van der Waals surface area (Å²) in [5.74, 6) is -2.45. The Morgan fingerprint density at radius 1 is 0.969 bits per heavy atom. The Morgan fingerprint density at radius 2 is 1.59 bits per heavy atom. The molecule has 2 aromatic rings. The topological polar surface area (TPSA) is 117 Å². The summed E-state index contributed by atoms with van der Waals surface area (Å²) in [6.45, 7) is 1.69. The van der Waals surface area contributed by atoms with Crippen LogP contribution in [0.3, 0.4) is 0 Å². The first-order chi connectivity index (χ1) is 15.3. The minimum absolute atomic E-state index is 0.324. The number of fused-ring (bicyclic) bond motifs is 2. The third kappa shape index (κ3) is 2.71. The van der Waals surface area contributed by atoms with Crippen LogP contribution < -0.4 is 4.90 Å². The summed E-state index contributed by atoms with van der Waals surface area (Å²) in [6, 6.07) is 23.2. The normalized spacial score (nSPS) is 29.8. The first-order valence-corrected chi connectivity index (χ1v) is 10.3. The van der Waals surface area contributed by atoms with E-state index < -0.39 is 28.6 Å². The third-order valence-electron chi connectivity index (χ3n) is 6.71. The molecule has 0 aromatic heterocycles. The van der Waals surface area contributed by atoms with Crippen molar-refractivity contribution in [3.05, 3.63) is 65.7 Å². The highest BCUT2D eigenvalue weighted by Gasteiger charge is 2.79. The molecule has 2 bridgehead atoms. The summed E-state index contributed by atoms with van der Waals surface area (Å²) in [5.41, 5.74) is -1.32. The molecule has 160 valence electrons. The molecule has 2 aromatic carbocycles. The summed E-state index contributed by atoms with van der Waals surface area (Å²) in [7, 11) is 3.83. The molecular formula is C25H23N5O2. The lowest BCUT2D eigenvalue weighted by Gasteiger charge is -2.48. The quantitative estimate of drug-likeness (QED) is 0.793. The van der Waals surface area contributed by atoms with Gasteiger partial charge in [0.2, 0.25) is 17.1 Å². The lowest BCUT2D eigenvalue weighted by atomic mass is 9.52. The molecule has 0 amide bonds. The standard InChI is InChI=1S/C25H23N5O2/c1-23-20(13-17-7-5-4-6-8-17)25(16-28,22(29)32-23)24(14-26,15-27)21(31-23)18-9-11-19(12-10-18)30(2)3/h4-12,20-21,29H,13H2,1-3H3. The van der Waals surface area contributed by atoms with Gasteiger partial charge in [0.1, 0.15) is 6.10 Å².